The molecule has 0 bridgehead atoms. The van der Waals surface area contributed by atoms with Crippen LogP contribution in [0.4, 0.5) is 0 Å². The van der Waals surface area contributed by atoms with E-state index in [1.165, 1.54) is 0 Å². The number of hydrogen-bond donors (Lipinski definition) is 0. The minimum Gasteiger partial charge on any atom is -0.294 e. The summed E-state index contributed by atoms with van der Waals surface area (Å²) in [6.45, 7) is 1.99. The van der Waals surface area contributed by atoms with Crippen LogP contribution in [-0.4, -0.2) is 5.78 Å². The van der Waals surface area contributed by atoms with E-state index in [0.29, 0.717) is 6.42 Å². The van der Waals surface area contributed by atoms with Crippen molar-refractivity contribution in [2.75, 3.05) is 0 Å². The molecule has 0 atom stereocenters. The van der Waals surface area contributed by atoms with Crippen LogP contribution in [0.2, 0.25) is 0 Å². The Balaban J connectivity index is 2.28. The quantitative estimate of drug-likeness (QED) is 0.701. The highest BCUT2D eigenvalue weighted by Crippen LogP contribution is 2.24. The van der Waals surface area contributed by atoms with Gasteiger partial charge in [0.25, 0.3) is 0 Å². The van der Waals surface area contributed by atoms with Gasteiger partial charge in [-0.05, 0) is 40.0 Å². The summed E-state index contributed by atoms with van der Waals surface area (Å²) < 4.78 is 1.86. The van der Waals surface area contributed by atoms with E-state index in [-0.39, 0.29) is 5.78 Å². The molecule has 0 aliphatic rings. The van der Waals surface area contributed by atoms with Gasteiger partial charge < -0.3 is 0 Å². The molecule has 0 heterocycles. The fraction of sp³-hybridized carbons (Fsp3) is 0.133. The molecule has 2 aromatic carbocycles. The molecule has 0 amide bonds. The molecule has 0 saturated carbocycles. The Labute approximate surface area is 123 Å². The van der Waals surface area contributed by atoms with Gasteiger partial charge in [0.15, 0.2) is 5.78 Å². The standard InChI is InChI=1S/C15H12Br2O/c1-10-5-4-7-12(15(10)17)14(18)9-11-6-2-3-8-13(11)16/h2-8H,9H2,1H3. The first-order valence-electron chi connectivity index (χ1n) is 5.61. The number of carbonyl (C=O) groups excluding carboxylic acids is 1. The molecule has 0 radical (unpaired) electrons. The number of hydrogen-bond acceptors (Lipinski definition) is 1. The van der Waals surface area contributed by atoms with Crippen molar-refractivity contribution in [1.82, 2.24) is 0 Å². The lowest BCUT2D eigenvalue weighted by atomic mass is 10.0. The summed E-state index contributed by atoms with van der Waals surface area (Å²) in [5.41, 5.74) is 2.83. The molecular weight excluding hydrogens is 356 g/mol. The Morgan fingerprint density at radius 3 is 2.50 bits per heavy atom. The first kappa shape index (κ1) is 13.5. The highest BCUT2D eigenvalue weighted by atomic mass is 79.9. The van der Waals surface area contributed by atoms with Gasteiger partial charge >= 0.3 is 0 Å². The van der Waals surface area contributed by atoms with E-state index >= 15 is 0 Å². The molecule has 0 unspecified atom stereocenters. The number of rotatable bonds is 3. The molecule has 18 heavy (non-hydrogen) atoms. The SMILES string of the molecule is Cc1cccc(C(=O)Cc2ccccc2Br)c1Br. The lowest BCUT2D eigenvalue weighted by Gasteiger charge is -2.07. The Morgan fingerprint density at radius 1 is 1.06 bits per heavy atom. The van der Waals surface area contributed by atoms with Crippen LogP contribution in [0.15, 0.2) is 51.4 Å². The topological polar surface area (TPSA) is 17.1 Å². The van der Waals surface area contributed by atoms with Gasteiger partial charge in [0.2, 0.25) is 0 Å². The van der Waals surface area contributed by atoms with Crippen LogP contribution in [0.1, 0.15) is 21.5 Å². The lowest BCUT2D eigenvalue weighted by Crippen LogP contribution is -2.05. The van der Waals surface area contributed by atoms with Crippen molar-refractivity contribution in [1.29, 1.82) is 0 Å². The van der Waals surface area contributed by atoms with Crippen molar-refractivity contribution in [2.24, 2.45) is 0 Å². The van der Waals surface area contributed by atoms with Crippen molar-refractivity contribution >= 4 is 37.6 Å². The third kappa shape index (κ3) is 2.90. The highest BCUT2D eigenvalue weighted by Gasteiger charge is 2.13. The fourth-order valence-electron chi connectivity index (χ4n) is 1.77. The third-order valence-electron chi connectivity index (χ3n) is 2.80. The van der Waals surface area contributed by atoms with Crippen LogP contribution in [-0.2, 0) is 6.42 Å². The molecule has 0 N–H and O–H groups in total. The summed E-state index contributed by atoms with van der Waals surface area (Å²) in [5, 5.41) is 0. The van der Waals surface area contributed by atoms with E-state index in [0.717, 1.165) is 25.6 Å². The number of ketones is 1. The monoisotopic (exact) mass is 366 g/mol. The Morgan fingerprint density at radius 2 is 1.78 bits per heavy atom. The lowest BCUT2D eigenvalue weighted by molar-refractivity contribution is 0.0992. The van der Waals surface area contributed by atoms with Gasteiger partial charge in [-0.15, -0.1) is 0 Å². The molecule has 0 fully saturated rings. The van der Waals surface area contributed by atoms with E-state index in [2.05, 4.69) is 31.9 Å². The molecule has 1 nitrogen and oxygen atoms in total. The van der Waals surface area contributed by atoms with Crippen LogP contribution in [0.5, 0.6) is 0 Å². The first-order chi connectivity index (χ1) is 8.59. The third-order valence-corrected chi connectivity index (χ3v) is 4.63. The predicted molar refractivity (Wildman–Crippen MR) is 81.1 cm³/mol. The second kappa shape index (κ2) is 5.81. The van der Waals surface area contributed by atoms with Gasteiger partial charge in [-0.25, -0.2) is 0 Å². The zero-order valence-corrected chi connectivity index (χ0v) is 13.1. The van der Waals surface area contributed by atoms with Crippen LogP contribution >= 0.6 is 31.9 Å². The van der Waals surface area contributed by atoms with E-state index in [1.54, 1.807) is 0 Å². The maximum Gasteiger partial charge on any atom is 0.168 e. The van der Waals surface area contributed by atoms with E-state index in [4.69, 9.17) is 0 Å². The van der Waals surface area contributed by atoms with Crippen LogP contribution in [0, 0.1) is 6.92 Å². The zero-order chi connectivity index (χ0) is 13.1. The summed E-state index contributed by atoms with van der Waals surface area (Å²) in [4.78, 5) is 12.3. The molecule has 92 valence electrons. The van der Waals surface area contributed by atoms with Crippen LogP contribution in [0.25, 0.3) is 0 Å². The average molecular weight is 368 g/mol. The van der Waals surface area contributed by atoms with Gasteiger partial charge in [0, 0.05) is 20.9 Å². The Bertz CT molecular complexity index is 591. The van der Waals surface area contributed by atoms with E-state index < -0.39 is 0 Å². The smallest absolute Gasteiger partial charge is 0.168 e. The molecule has 0 aromatic heterocycles. The van der Waals surface area contributed by atoms with Crippen molar-refractivity contribution in [2.45, 2.75) is 13.3 Å². The average Bonchev–Trinajstić information content (AvgIpc) is 2.35. The second-order valence-corrected chi connectivity index (χ2v) is 5.78. The fourth-order valence-corrected chi connectivity index (χ4v) is 2.68. The van der Waals surface area contributed by atoms with E-state index in [1.807, 2.05) is 49.4 Å². The number of halogens is 2. The summed E-state index contributed by atoms with van der Waals surface area (Å²) >= 11 is 6.95. The number of aryl methyl sites for hydroxylation is 1. The molecule has 0 aliphatic carbocycles. The normalized spacial score (nSPS) is 10.4. The van der Waals surface area contributed by atoms with Gasteiger partial charge in [0.1, 0.15) is 0 Å². The molecule has 0 spiro atoms. The number of carbonyl (C=O) groups is 1. The maximum absolute atomic E-state index is 12.3. The van der Waals surface area contributed by atoms with Gasteiger partial charge in [0.05, 0.1) is 0 Å². The molecule has 2 rings (SSSR count). The van der Waals surface area contributed by atoms with Gasteiger partial charge in [-0.1, -0.05) is 52.3 Å². The zero-order valence-electron chi connectivity index (χ0n) is 9.91. The minimum atomic E-state index is 0.123. The largest absolute Gasteiger partial charge is 0.294 e. The number of Topliss-reactive ketones (excluding diaryl/α,β-unsaturated/α-hetero) is 1. The summed E-state index contributed by atoms with van der Waals surface area (Å²) in [5.74, 6) is 0.123. The molecule has 0 aliphatic heterocycles. The predicted octanol–water partition coefficient (Wildman–Crippen LogP) is 4.95. The van der Waals surface area contributed by atoms with Crippen LogP contribution in [0.3, 0.4) is 0 Å². The van der Waals surface area contributed by atoms with Crippen molar-refractivity contribution in [3.63, 3.8) is 0 Å². The maximum atomic E-state index is 12.3. The van der Waals surface area contributed by atoms with E-state index in [9.17, 15) is 4.79 Å². The highest BCUT2D eigenvalue weighted by molar-refractivity contribution is 9.10. The summed E-state index contributed by atoms with van der Waals surface area (Å²) in [6, 6.07) is 13.6. The van der Waals surface area contributed by atoms with Crippen molar-refractivity contribution < 1.29 is 4.79 Å². The second-order valence-electron chi connectivity index (χ2n) is 4.13. The number of benzene rings is 2. The summed E-state index contributed by atoms with van der Waals surface area (Å²) in [7, 11) is 0. The molecular formula is C15H12Br2O. The minimum absolute atomic E-state index is 0.123. The van der Waals surface area contributed by atoms with Crippen molar-refractivity contribution in [3.05, 3.63) is 68.1 Å². The first-order valence-corrected chi connectivity index (χ1v) is 7.20. The summed E-state index contributed by atoms with van der Waals surface area (Å²) in [6.07, 6.45) is 0.406. The molecule has 2 aromatic rings. The van der Waals surface area contributed by atoms with Crippen LogP contribution < -0.4 is 0 Å². The van der Waals surface area contributed by atoms with Crippen molar-refractivity contribution in [3.8, 4) is 0 Å². The van der Waals surface area contributed by atoms with Gasteiger partial charge in [-0.2, -0.15) is 0 Å². The molecule has 0 saturated heterocycles. The Hall–Kier alpha value is -0.930. The molecule has 3 heteroatoms. The Kier molecular flexibility index (Phi) is 4.36. The van der Waals surface area contributed by atoms with Gasteiger partial charge in [-0.3, -0.25) is 4.79 Å².